The molecule has 2 rings (SSSR count). The molecule has 66 valence electrons. The van der Waals surface area contributed by atoms with Crippen molar-refractivity contribution < 1.29 is 9.50 Å². The van der Waals surface area contributed by atoms with Gasteiger partial charge in [0.05, 0.1) is 0 Å². The van der Waals surface area contributed by atoms with Crippen LogP contribution in [0.4, 0.5) is 4.39 Å². The van der Waals surface area contributed by atoms with Crippen LogP contribution in [0.3, 0.4) is 0 Å². The molecule has 0 aliphatic rings. The number of halogens is 1. The summed E-state index contributed by atoms with van der Waals surface area (Å²) in [5.41, 5.74) is 1.59. The predicted octanol–water partition coefficient (Wildman–Crippen LogP) is 3.26. The van der Waals surface area contributed by atoms with E-state index >= 15 is 0 Å². The molecule has 0 atom stereocenters. The molecule has 13 heavy (non-hydrogen) atoms. The van der Waals surface area contributed by atoms with Gasteiger partial charge in [-0.1, -0.05) is 12.1 Å². The SMILES string of the molecule is Oc1cscc1-c1ccc(F)cc1. The van der Waals surface area contributed by atoms with E-state index in [4.69, 9.17) is 0 Å². The molecular weight excluding hydrogens is 187 g/mol. The van der Waals surface area contributed by atoms with Crippen LogP contribution >= 0.6 is 11.3 Å². The molecule has 1 aromatic carbocycles. The molecule has 1 aromatic heterocycles. The fourth-order valence-corrected chi connectivity index (χ4v) is 1.85. The Kier molecular flexibility index (Phi) is 2.02. The van der Waals surface area contributed by atoms with E-state index in [9.17, 15) is 9.50 Å². The summed E-state index contributed by atoms with van der Waals surface area (Å²) in [6.45, 7) is 0. The Morgan fingerprint density at radius 3 is 2.31 bits per heavy atom. The number of aromatic hydroxyl groups is 1. The summed E-state index contributed by atoms with van der Waals surface area (Å²) in [6, 6.07) is 6.06. The summed E-state index contributed by atoms with van der Waals surface area (Å²) < 4.78 is 12.6. The molecular formula is C10H7FOS. The van der Waals surface area contributed by atoms with Gasteiger partial charge in [-0.3, -0.25) is 0 Å². The third-order valence-electron chi connectivity index (χ3n) is 1.80. The zero-order chi connectivity index (χ0) is 9.26. The smallest absolute Gasteiger partial charge is 0.134 e. The zero-order valence-corrected chi connectivity index (χ0v) is 7.51. The molecule has 0 aliphatic heterocycles. The maximum atomic E-state index is 12.6. The summed E-state index contributed by atoms with van der Waals surface area (Å²) >= 11 is 1.42. The van der Waals surface area contributed by atoms with Gasteiger partial charge in [-0.15, -0.1) is 11.3 Å². The average molecular weight is 194 g/mol. The molecule has 0 amide bonds. The quantitative estimate of drug-likeness (QED) is 0.738. The van der Waals surface area contributed by atoms with Crippen molar-refractivity contribution in [3.63, 3.8) is 0 Å². The van der Waals surface area contributed by atoms with Crippen LogP contribution in [-0.4, -0.2) is 5.11 Å². The van der Waals surface area contributed by atoms with Crippen LogP contribution in [0.25, 0.3) is 11.1 Å². The van der Waals surface area contributed by atoms with Gasteiger partial charge in [0, 0.05) is 16.3 Å². The molecule has 1 heterocycles. The van der Waals surface area contributed by atoms with Gasteiger partial charge in [0.25, 0.3) is 0 Å². The summed E-state index contributed by atoms with van der Waals surface area (Å²) in [6.07, 6.45) is 0. The fourth-order valence-electron chi connectivity index (χ4n) is 1.14. The lowest BCUT2D eigenvalue weighted by Crippen LogP contribution is -1.75. The van der Waals surface area contributed by atoms with Gasteiger partial charge in [0.15, 0.2) is 0 Å². The Morgan fingerprint density at radius 1 is 1.08 bits per heavy atom. The van der Waals surface area contributed by atoms with Crippen molar-refractivity contribution in [1.82, 2.24) is 0 Å². The Labute approximate surface area is 79.1 Å². The molecule has 0 saturated carbocycles. The van der Waals surface area contributed by atoms with E-state index in [-0.39, 0.29) is 11.6 Å². The molecule has 0 unspecified atom stereocenters. The van der Waals surface area contributed by atoms with Crippen molar-refractivity contribution in [2.75, 3.05) is 0 Å². The van der Waals surface area contributed by atoms with Gasteiger partial charge in [-0.2, -0.15) is 0 Å². The lowest BCUT2D eigenvalue weighted by atomic mass is 10.1. The van der Waals surface area contributed by atoms with Crippen LogP contribution in [0.15, 0.2) is 35.0 Å². The summed E-state index contributed by atoms with van der Waals surface area (Å²) in [4.78, 5) is 0. The highest BCUT2D eigenvalue weighted by Crippen LogP contribution is 2.32. The second-order valence-electron chi connectivity index (χ2n) is 2.68. The summed E-state index contributed by atoms with van der Waals surface area (Å²) in [5, 5.41) is 12.9. The summed E-state index contributed by atoms with van der Waals surface area (Å²) in [7, 11) is 0. The van der Waals surface area contributed by atoms with E-state index in [0.29, 0.717) is 0 Å². The number of rotatable bonds is 1. The topological polar surface area (TPSA) is 20.2 Å². The first-order chi connectivity index (χ1) is 6.27. The molecule has 0 saturated heterocycles. The van der Waals surface area contributed by atoms with Crippen molar-refractivity contribution >= 4 is 11.3 Å². The molecule has 0 radical (unpaired) electrons. The third-order valence-corrected chi connectivity index (χ3v) is 2.53. The highest BCUT2D eigenvalue weighted by Gasteiger charge is 2.04. The summed E-state index contributed by atoms with van der Waals surface area (Å²) in [5.74, 6) is -0.0184. The highest BCUT2D eigenvalue weighted by molar-refractivity contribution is 7.08. The Balaban J connectivity index is 2.47. The Bertz CT molecular complexity index is 405. The Hall–Kier alpha value is -1.35. The van der Waals surface area contributed by atoms with Crippen LogP contribution < -0.4 is 0 Å². The van der Waals surface area contributed by atoms with Gasteiger partial charge in [0.1, 0.15) is 11.6 Å². The normalized spacial score (nSPS) is 10.2. The van der Waals surface area contributed by atoms with Gasteiger partial charge in [0.2, 0.25) is 0 Å². The zero-order valence-electron chi connectivity index (χ0n) is 6.70. The standard InChI is InChI=1S/C10H7FOS/c11-8-3-1-7(2-4-8)9-5-13-6-10(9)12/h1-6,12H. The minimum atomic E-state index is -0.265. The van der Waals surface area contributed by atoms with Gasteiger partial charge < -0.3 is 5.11 Å². The van der Waals surface area contributed by atoms with Crippen molar-refractivity contribution in [2.45, 2.75) is 0 Å². The number of benzene rings is 1. The minimum Gasteiger partial charge on any atom is -0.506 e. The van der Waals surface area contributed by atoms with Crippen LogP contribution in [-0.2, 0) is 0 Å². The second kappa shape index (κ2) is 3.18. The van der Waals surface area contributed by atoms with Crippen LogP contribution in [0.1, 0.15) is 0 Å². The molecule has 0 fully saturated rings. The van der Waals surface area contributed by atoms with Gasteiger partial charge in [-0.05, 0) is 17.7 Å². The van der Waals surface area contributed by atoms with Crippen LogP contribution in [0.2, 0.25) is 0 Å². The molecule has 2 aromatic rings. The molecule has 0 aliphatic carbocycles. The van der Waals surface area contributed by atoms with Gasteiger partial charge >= 0.3 is 0 Å². The van der Waals surface area contributed by atoms with E-state index in [1.54, 1.807) is 17.5 Å². The van der Waals surface area contributed by atoms with Crippen molar-refractivity contribution in [2.24, 2.45) is 0 Å². The number of hydrogen-bond acceptors (Lipinski definition) is 2. The number of hydrogen-bond donors (Lipinski definition) is 1. The third kappa shape index (κ3) is 1.55. The molecule has 0 bridgehead atoms. The molecule has 1 N–H and O–H groups in total. The average Bonchev–Trinajstić information content (AvgIpc) is 2.53. The predicted molar refractivity (Wildman–Crippen MR) is 51.4 cm³/mol. The first-order valence-electron chi connectivity index (χ1n) is 3.78. The fraction of sp³-hybridized carbons (Fsp3) is 0. The maximum absolute atomic E-state index is 12.6. The van der Waals surface area contributed by atoms with Crippen LogP contribution in [0.5, 0.6) is 5.75 Å². The van der Waals surface area contributed by atoms with E-state index in [1.165, 1.54) is 23.5 Å². The van der Waals surface area contributed by atoms with Crippen molar-refractivity contribution in [3.05, 3.63) is 40.8 Å². The minimum absolute atomic E-state index is 0.247. The van der Waals surface area contributed by atoms with E-state index in [1.807, 2.05) is 5.38 Å². The lowest BCUT2D eigenvalue weighted by molar-refractivity contribution is 0.480. The first-order valence-corrected chi connectivity index (χ1v) is 4.73. The largest absolute Gasteiger partial charge is 0.506 e. The highest BCUT2D eigenvalue weighted by atomic mass is 32.1. The molecule has 3 heteroatoms. The van der Waals surface area contributed by atoms with Crippen LogP contribution in [0, 0.1) is 5.82 Å². The maximum Gasteiger partial charge on any atom is 0.134 e. The molecule has 0 spiro atoms. The Morgan fingerprint density at radius 2 is 1.77 bits per heavy atom. The second-order valence-corrected chi connectivity index (χ2v) is 3.42. The van der Waals surface area contributed by atoms with Crippen molar-refractivity contribution in [1.29, 1.82) is 0 Å². The molecule has 1 nitrogen and oxygen atoms in total. The van der Waals surface area contributed by atoms with E-state index in [2.05, 4.69) is 0 Å². The monoisotopic (exact) mass is 194 g/mol. The van der Waals surface area contributed by atoms with E-state index in [0.717, 1.165) is 11.1 Å². The van der Waals surface area contributed by atoms with Crippen molar-refractivity contribution in [3.8, 4) is 16.9 Å². The van der Waals surface area contributed by atoms with Gasteiger partial charge in [-0.25, -0.2) is 4.39 Å². The number of thiophene rings is 1. The lowest BCUT2D eigenvalue weighted by Gasteiger charge is -1.98. The first kappa shape index (κ1) is 8.26. The van der Waals surface area contributed by atoms with E-state index < -0.39 is 0 Å².